The Morgan fingerprint density at radius 1 is 1.00 bits per heavy atom. The Kier molecular flexibility index (Phi) is 6.84. The highest BCUT2D eigenvalue weighted by molar-refractivity contribution is 7.99. The Morgan fingerprint density at radius 3 is 2.43 bits per heavy atom. The van der Waals surface area contributed by atoms with Gasteiger partial charge in [0.2, 0.25) is 0 Å². The average molecular weight is 299 g/mol. The van der Waals surface area contributed by atoms with E-state index >= 15 is 0 Å². The van der Waals surface area contributed by atoms with E-state index in [2.05, 4.69) is 73.8 Å². The van der Waals surface area contributed by atoms with E-state index in [1.165, 1.54) is 22.4 Å². The molecule has 0 fully saturated rings. The molecule has 112 valence electrons. The molecule has 1 atom stereocenters. The molecular formula is C19H25NS. The summed E-state index contributed by atoms with van der Waals surface area (Å²) < 4.78 is 0. The summed E-state index contributed by atoms with van der Waals surface area (Å²) >= 11 is 1.97. The zero-order chi connectivity index (χ0) is 14.9. The van der Waals surface area contributed by atoms with Crippen molar-refractivity contribution in [3.05, 3.63) is 65.7 Å². The molecule has 1 unspecified atom stereocenters. The highest BCUT2D eigenvalue weighted by atomic mass is 32.2. The van der Waals surface area contributed by atoms with Crippen LogP contribution in [-0.2, 0) is 6.42 Å². The van der Waals surface area contributed by atoms with Crippen LogP contribution in [0, 0.1) is 6.92 Å². The monoisotopic (exact) mass is 299 g/mol. The van der Waals surface area contributed by atoms with E-state index in [0.29, 0.717) is 6.04 Å². The van der Waals surface area contributed by atoms with Gasteiger partial charge in [0.25, 0.3) is 0 Å². The fraction of sp³-hybridized carbons (Fsp3) is 0.368. The Morgan fingerprint density at radius 2 is 1.71 bits per heavy atom. The number of aryl methyl sites for hydroxylation is 2. The molecular weight excluding hydrogens is 274 g/mol. The number of rotatable bonds is 8. The standard InChI is InChI=1S/C19H25NS/c1-3-20-18(14-13-17-10-5-4-6-11-17)15-21-19-12-8-7-9-16(19)2/h4-12,18,20H,3,13-15H2,1-2H3. The lowest BCUT2D eigenvalue weighted by atomic mass is 10.1. The molecule has 0 spiro atoms. The van der Waals surface area contributed by atoms with Crippen LogP contribution in [0.5, 0.6) is 0 Å². The van der Waals surface area contributed by atoms with Gasteiger partial charge in [0, 0.05) is 16.7 Å². The number of nitrogens with one attached hydrogen (secondary N) is 1. The van der Waals surface area contributed by atoms with E-state index in [-0.39, 0.29) is 0 Å². The zero-order valence-corrected chi connectivity index (χ0v) is 13.8. The van der Waals surface area contributed by atoms with Gasteiger partial charge in [-0.3, -0.25) is 0 Å². The average Bonchev–Trinajstić information content (AvgIpc) is 2.52. The highest BCUT2D eigenvalue weighted by Crippen LogP contribution is 2.23. The number of hydrogen-bond donors (Lipinski definition) is 1. The molecule has 0 radical (unpaired) electrons. The molecule has 0 amide bonds. The first-order chi connectivity index (χ1) is 10.3. The summed E-state index contributed by atoms with van der Waals surface area (Å²) in [6.07, 6.45) is 2.34. The summed E-state index contributed by atoms with van der Waals surface area (Å²) in [5, 5.41) is 3.62. The first-order valence-electron chi connectivity index (χ1n) is 7.75. The van der Waals surface area contributed by atoms with E-state index in [0.717, 1.165) is 18.7 Å². The van der Waals surface area contributed by atoms with Crippen LogP contribution >= 0.6 is 11.8 Å². The van der Waals surface area contributed by atoms with Gasteiger partial charge >= 0.3 is 0 Å². The maximum absolute atomic E-state index is 3.62. The normalized spacial score (nSPS) is 12.3. The second kappa shape index (κ2) is 8.91. The van der Waals surface area contributed by atoms with Crippen LogP contribution in [0.4, 0.5) is 0 Å². The quantitative estimate of drug-likeness (QED) is 0.709. The SMILES string of the molecule is CCNC(CCc1ccccc1)CSc1ccccc1C. The smallest absolute Gasteiger partial charge is 0.0164 e. The Hall–Kier alpha value is -1.25. The molecule has 0 aliphatic carbocycles. The van der Waals surface area contributed by atoms with Crippen LogP contribution in [0.2, 0.25) is 0 Å². The van der Waals surface area contributed by atoms with Crippen LogP contribution in [0.1, 0.15) is 24.5 Å². The van der Waals surface area contributed by atoms with Crippen LogP contribution in [0.15, 0.2) is 59.5 Å². The largest absolute Gasteiger partial charge is 0.313 e. The van der Waals surface area contributed by atoms with E-state index in [1.54, 1.807) is 0 Å². The van der Waals surface area contributed by atoms with Gasteiger partial charge in [-0.25, -0.2) is 0 Å². The molecule has 2 rings (SSSR count). The van der Waals surface area contributed by atoms with E-state index in [4.69, 9.17) is 0 Å². The van der Waals surface area contributed by atoms with Crippen molar-refractivity contribution in [1.29, 1.82) is 0 Å². The molecule has 21 heavy (non-hydrogen) atoms. The fourth-order valence-electron chi connectivity index (χ4n) is 2.43. The van der Waals surface area contributed by atoms with Crippen molar-refractivity contribution in [3.8, 4) is 0 Å². The summed E-state index contributed by atoms with van der Waals surface area (Å²) in [4.78, 5) is 1.40. The predicted molar refractivity (Wildman–Crippen MR) is 94.1 cm³/mol. The maximum atomic E-state index is 3.62. The second-order valence-corrected chi connectivity index (χ2v) is 6.42. The van der Waals surface area contributed by atoms with Gasteiger partial charge in [-0.05, 0) is 43.5 Å². The van der Waals surface area contributed by atoms with Gasteiger partial charge in [0.15, 0.2) is 0 Å². The lowest BCUT2D eigenvalue weighted by Crippen LogP contribution is -2.31. The molecule has 0 bridgehead atoms. The van der Waals surface area contributed by atoms with Crippen molar-refractivity contribution < 1.29 is 0 Å². The number of hydrogen-bond acceptors (Lipinski definition) is 2. The summed E-state index contributed by atoms with van der Waals surface area (Å²) in [6.45, 7) is 5.41. The summed E-state index contributed by atoms with van der Waals surface area (Å²) in [5.74, 6) is 1.13. The topological polar surface area (TPSA) is 12.0 Å². The Bertz CT molecular complexity index is 524. The van der Waals surface area contributed by atoms with Crippen molar-refractivity contribution in [3.63, 3.8) is 0 Å². The summed E-state index contributed by atoms with van der Waals surface area (Å²) in [6, 6.07) is 20.0. The van der Waals surface area contributed by atoms with Gasteiger partial charge < -0.3 is 5.32 Å². The van der Waals surface area contributed by atoms with Gasteiger partial charge in [0.05, 0.1) is 0 Å². The van der Waals surface area contributed by atoms with E-state index < -0.39 is 0 Å². The molecule has 0 aliphatic heterocycles. The Labute approximate surface area is 133 Å². The third-order valence-corrected chi connectivity index (χ3v) is 4.99. The minimum absolute atomic E-state index is 0.569. The van der Waals surface area contributed by atoms with Gasteiger partial charge in [-0.1, -0.05) is 55.5 Å². The highest BCUT2D eigenvalue weighted by Gasteiger charge is 2.09. The molecule has 2 aromatic carbocycles. The third-order valence-electron chi connectivity index (χ3n) is 3.65. The molecule has 0 aliphatic rings. The van der Waals surface area contributed by atoms with Crippen LogP contribution < -0.4 is 5.32 Å². The lowest BCUT2D eigenvalue weighted by molar-refractivity contribution is 0.537. The summed E-state index contributed by atoms with van der Waals surface area (Å²) in [5.41, 5.74) is 2.81. The molecule has 1 nitrogen and oxygen atoms in total. The fourth-order valence-corrected chi connectivity index (χ4v) is 3.56. The molecule has 0 saturated carbocycles. The van der Waals surface area contributed by atoms with Crippen LogP contribution in [0.3, 0.4) is 0 Å². The molecule has 0 saturated heterocycles. The third kappa shape index (κ3) is 5.56. The van der Waals surface area contributed by atoms with Gasteiger partial charge in [-0.2, -0.15) is 0 Å². The molecule has 1 N–H and O–H groups in total. The number of thioether (sulfide) groups is 1. The van der Waals surface area contributed by atoms with Crippen LogP contribution in [-0.4, -0.2) is 18.3 Å². The molecule has 2 heteroatoms. The summed E-state index contributed by atoms with van der Waals surface area (Å²) in [7, 11) is 0. The Balaban J connectivity index is 1.85. The van der Waals surface area contributed by atoms with Crippen LogP contribution in [0.25, 0.3) is 0 Å². The second-order valence-electron chi connectivity index (χ2n) is 5.36. The minimum atomic E-state index is 0.569. The van der Waals surface area contributed by atoms with Crippen molar-refractivity contribution in [2.75, 3.05) is 12.3 Å². The lowest BCUT2D eigenvalue weighted by Gasteiger charge is -2.18. The minimum Gasteiger partial charge on any atom is -0.313 e. The maximum Gasteiger partial charge on any atom is 0.0164 e. The van der Waals surface area contributed by atoms with Crippen molar-refractivity contribution >= 4 is 11.8 Å². The van der Waals surface area contributed by atoms with Crippen molar-refractivity contribution in [2.45, 2.75) is 37.6 Å². The molecule has 2 aromatic rings. The van der Waals surface area contributed by atoms with E-state index in [9.17, 15) is 0 Å². The first kappa shape index (κ1) is 16.1. The molecule has 0 heterocycles. The van der Waals surface area contributed by atoms with Gasteiger partial charge in [0.1, 0.15) is 0 Å². The number of benzene rings is 2. The zero-order valence-electron chi connectivity index (χ0n) is 13.0. The van der Waals surface area contributed by atoms with Gasteiger partial charge in [-0.15, -0.1) is 11.8 Å². The predicted octanol–water partition coefficient (Wildman–Crippen LogP) is 4.70. The van der Waals surface area contributed by atoms with Crippen molar-refractivity contribution in [1.82, 2.24) is 5.32 Å². The first-order valence-corrected chi connectivity index (χ1v) is 8.74. The van der Waals surface area contributed by atoms with E-state index in [1.807, 2.05) is 11.8 Å². The van der Waals surface area contributed by atoms with Crippen molar-refractivity contribution in [2.24, 2.45) is 0 Å². The molecule has 0 aromatic heterocycles.